The third kappa shape index (κ3) is 5.60. The molecule has 2 aliphatic rings. The highest BCUT2D eigenvalue weighted by Crippen LogP contribution is 2.53. The Morgan fingerprint density at radius 2 is 2.10 bits per heavy atom. The standard InChI is InChI=1S/C25H36O6/c1-5-6-7-8-17-12-21(30-24(28)29-15-18(27)14-26)23-19-11-16(2)9-10-20(19)25(3,4)31-22(23)13-17/h11-13,18-20,26-27H,5-10,14-15H2,1-4H3/t18-,19?,20+/m0/s1. The van der Waals surface area contributed by atoms with Gasteiger partial charge in [-0.3, -0.25) is 0 Å². The molecule has 1 aliphatic carbocycles. The topological polar surface area (TPSA) is 85.2 Å². The highest BCUT2D eigenvalue weighted by Gasteiger charge is 2.45. The number of carbonyl (C=O) groups is 1. The molecule has 1 aliphatic heterocycles. The van der Waals surface area contributed by atoms with Gasteiger partial charge in [-0.25, -0.2) is 4.79 Å². The number of fused-ring (bicyclic) bond motifs is 3. The Balaban J connectivity index is 1.96. The fourth-order valence-corrected chi connectivity index (χ4v) is 4.70. The van der Waals surface area contributed by atoms with Crippen LogP contribution in [0, 0.1) is 5.92 Å². The summed E-state index contributed by atoms with van der Waals surface area (Å²) in [5, 5.41) is 18.4. The van der Waals surface area contributed by atoms with Crippen LogP contribution >= 0.6 is 0 Å². The van der Waals surface area contributed by atoms with Crippen molar-refractivity contribution in [3.8, 4) is 11.5 Å². The van der Waals surface area contributed by atoms with Gasteiger partial charge in [0.15, 0.2) is 0 Å². The number of carbonyl (C=O) groups excluding carboxylic acids is 1. The Kier molecular flexibility index (Phi) is 7.65. The molecular weight excluding hydrogens is 396 g/mol. The van der Waals surface area contributed by atoms with Crippen LogP contribution in [0.15, 0.2) is 23.8 Å². The van der Waals surface area contributed by atoms with Gasteiger partial charge in [-0.15, -0.1) is 0 Å². The molecule has 1 aromatic rings. The molecule has 0 spiro atoms. The fourth-order valence-electron chi connectivity index (χ4n) is 4.70. The van der Waals surface area contributed by atoms with E-state index in [1.807, 2.05) is 6.07 Å². The second-order valence-electron chi connectivity index (χ2n) is 9.35. The molecule has 1 aromatic carbocycles. The first-order valence-electron chi connectivity index (χ1n) is 11.4. The monoisotopic (exact) mass is 432 g/mol. The van der Waals surface area contributed by atoms with Crippen molar-refractivity contribution in [2.45, 2.75) is 83.8 Å². The summed E-state index contributed by atoms with van der Waals surface area (Å²) in [4.78, 5) is 12.3. The molecule has 3 atom stereocenters. The van der Waals surface area contributed by atoms with Gasteiger partial charge in [-0.2, -0.15) is 0 Å². The van der Waals surface area contributed by atoms with Gasteiger partial charge >= 0.3 is 6.16 Å². The van der Waals surface area contributed by atoms with E-state index in [0.29, 0.717) is 5.75 Å². The number of aliphatic hydroxyl groups is 2. The minimum atomic E-state index is -1.13. The molecule has 0 saturated carbocycles. The van der Waals surface area contributed by atoms with E-state index in [1.165, 1.54) is 5.57 Å². The highest BCUT2D eigenvalue weighted by molar-refractivity contribution is 5.67. The lowest BCUT2D eigenvalue weighted by Gasteiger charge is -2.46. The number of allylic oxidation sites excluding steroid dienone is 2. The SMILES string of the molecule is CCCCCc1cc(OC(=O)OC[C@@H](O)CO)c2c(c1)OC(C)(C)[C@@H]1CCC(C)=CC21. The Morgan fingerprint density at radius 1 is 1.32 bits per heavy atom. The molecule has 0 fully saturated rings. The van der Waals surface area contributed by atoms with E-state index in [9.17, 15) is 9.90 Å². The third-order valence-corrected chi connectivity index (χ3v) is 6.38. The van der Waals surface area contributed by atoms with Crippen molar-refractivity contribution in [1.29, 1.82) is 0 Å². The summed E-state index contributed by atoms with van der Waals surface area (Å²) in [6, 6.07) is 4.02. The smallest absolute Gasteiger partial charge is 0.487 e. The summed E-state index contributed by atoms with van der Waals surface area (Å²) in [7, 11) is 0. The molecule has 6 heteroatoms. The van der Waals surface area contributed by atoms with Gasteiger partial charge in [0.25, 0.3) is 0 Å². The van der Waals surface area contributed by atoms with E-state index in [4.69, 9.17) is 19.3 Å². The molecule has 6 nitrogen and oxygen atoms in total. The molecule has 31 heavy (non-hydrogen) atoms. The predicted octanol–water partition coefficient (Wildman–Crippen LogP) is 4.90. The lowest BCUT2D eigenvalue weighted by Crippen LogP contribution is -2.45. The van der Waals surface area contributed by atoms with E-state index in [2.05, 4.69) is 39.8 Å². The van der Waals surface area contributed by atoms with Crippen molar-refractivity contribution in [1.82, 2.24) is 0 Å². The van der Waals surface area contributed by atoms with E-state index in [0.717, 1.165) is 55.4 Å². The van der Waals surface area contributed by atoms with Crippen LogP contribution < -0.4 is 9.47 Å². The molecule has 0 saturated heterocycles. The van der Waals surface area contributed by atoms with Crippen molar-refractivity contribution >= 4 is 6.16 Å². The van der Waals surface area contributed by atoms with Crippen LogP contribution in [0.2, 0.25) is 0 Å². The number of unbranched alkanes of at least 4 members (excludes halogenated alkanes) is 2. The molecule has 1 heterocycles. The summed E-state index contributed by atoms with van der Waals surface area (Å²) in [6.45, 7) is 7.78. The van der Waals surface area contributed by atoms with E-state index >= 15 is 0 Å². The van der Waals surface area contributed by atoms with E-state index in [1.54, 1.807) is 0 Å². The van der Waals surface area contributed by atoms with E-state index in [-0.39, 0.29) is 24.0 Å². The number of hydrogen-bond acceptors (Lipinski definition) is 6. The van der Waals surface area contributed by atoms with Gasteiger partial charge in [0, 0.05) is 17.4 Å². The normalized spacial score (nSPS) is 22.5. The zero-order chi connectivity index (χ0) is 22.6. The van der Waals surface area contributed by atoms with Crippen LogP contribution in [-0.4, -0.2) is 41.3 Å². The maximum absolute atomic E-state index is 12.3. The zero-order valence-corrected chi connectivity index (χ0v) is 19.1. The number of benzene rings is 1. The van der Waals surface area contributed by atoms with E-state index < -0.39 is 18.9 Å². The van der Waals surface area contributed by atoms with Gasteiger partial charge in [0.05, 0.1) is 6.61 Å². The van der Waals surface area contributed by atoms with Crippen LogP contribution in [-0.2, 0) is 11.2 Å². The number of ether oxygens (including phenoxy) is 3. The molecule has 1 unspecified atom stereocenters. The van der Waals surface area contributed by atoms with Crippen molar-refractivity contribution < 1.29 is 29.2 Å². The second kappa shape index (κ2) is 10.0. The molecule has 2 N–H and O–H groups in total. The van der Waals surface area contributed by atoms with Crippen LogP contribution in [0.4, 0.5) is 4.79 Å². The summed E-state index contributed by atoms with van der Waals surface area (Å²) >= 11 is 0. The first-order valence-corrected chi connectivity index (χ1v) is 11.4. The van der Waals surface area contributed by atoms with Gasteiger partial charge in [0.1, 0.15) is 29.8 Å². The van der Waals surface area contributed by atoms with Crippen LogP contribution in [0.3, 0.4) is 0 Å². The quantitative estimate of drug-likeness (QED) is 0.263. The van der Waals surface area contributed by atoms with Crippen LogP contribution in [0.5, 0.6) is 11.5 Å². The molecule has 0 bridgehead atoms. The van der Waals surface area contributed by atoms with Crippen LogP contribution in [0.1, 0.15) is 76.8 Å². The summed E-state index contributed by atoms with van der Waals surface area (Å²) < 4.78 is 17.1. The Labute approximate surface area is 185 Å². The number of aryl methyl sites for hydroxylation is 1. The first kappa shape index (κ1) is 23.6. The van der Waals surface area contributed by atoms with Crippen molar-refractivity contribution in [3.05, 3.63) is 34.9 Å². The van der Waals surface area contributed by atoms with Crippen molar-refractivity contribution in [2.24, 2.45) is 5.92 Å². The molecule has 0 amide bonds. The minimum absolute atomic E-state index is 0.100. The first-order chi connectivity index (χ1) is 14.7. The highest BCUT2D eigenvalue weighted by atomic mass is 16.7. The maximum atomic E-state index is 12.3. The van der Waals surface area contributed by atoms with Gasteiger partial charge < -0.3 is 24.4 Å². The summed E-state index contributed by atoms with van der Waals surface area (Å²) in [5.41, 5.74) is 2.97. The fraction of sp³-hybridized carbons (Fsp3) is 0.640. The zero-order valence-electron chi connectivity index (χ0n) is 19.1. The molecule has 0 radical (unpaired) electrons. The number of rotatable bonds is 8. The van der Waals surface area contributed by atoms with Gasteiger partial charge in [-0.1, -0.05) is 31.4 Å². The molecular formula is C25H36O6. The maximum Gasteiger partial charge on any atom is 0.513 e. The largest absolute Gasteiger partial charge is 0.513 e. The molecule has 172 valence electrons. The average Bonchev–Trinajstić information content (AvgIpc) is 2.71. The second-order valence-corrected chi connectivity index (χ2v) is 9.35. The van der Waals surface area contributed by atoms with Gasteiger partial charge in [0.2, 0.25) is 0 Å². The van der Waals surface area contributed by atoms with Crippen LogP contribution in [0.25, 0.3) is 0 Å². The lowest BCUT2D eigenvalue weighted by molar-refractivity contribution is 0.00812. The van der Waals surface area contributed by atoms with Crippen molar-refractivity contribution in [2.75, 3.05) is 13.2 Å². The molecule has 0 aromatic heterocycles. The minimum Gasteiger partial charge on any atom is -0.487 e. The number of hydrogen-bond donors (Lipinski definition) is 2. The lowest BCUT2D eigenvalue weighted by atomic mass is 9.68. The Hall–Kier alpha value is -2.05. The van der Waals surface area contributed by atoms with Gasteiger partial charge in [-0.05, 0) is 64.2 Å². The summed E-state index contributed by atoms with van der Waals surface area (Å²) in [6.07, 6.45) is 6.51. The predicted molar refractivity (Wildman–Crippen MR) is 119 cm³/mol. The Bertz CT molecular complexity index is 812. The third-order valence-electron chi connectivity index (χ3n) is 6.38. The number of aliphatic hydroxyl groups excluding tert-OH is 2. The van der Waals surface area contributed by atoms with Crippen molar-refractivity contribution in [3.63, 3.8) is 0 Å². The molecule has 3 rings (SSSR count). The average molecular weight is 433 g/mol. The summed E-state index contributed by atoms with van der Waals surface area (Å²) in [5.74, 6) is 1.61. The Morgan fingerprint density at radius 3 is 2.81 bits per heavy atom.